The molecule has 2 aromatic heterocycles. The van der Waals surface area contributed by atoms with E-state index in [4.69, 9.17) is 0 Å². The van der Waals surface area contributed by atoms with Gasteiger partial charge in [0, 0.05) is 12.3 Å². The van der Waals surface area contributed by atoms with Crippen molar-refractivity contribution in [2.45, 2.75) is 6.92 Å². The summed E-state index contributed by atoms with van der Waals surface area (Å²) in [6.45, 7) is 1.78. The molecule has 0 amide bonds. The van der Waals surface area contributed by atoms with E-state index in [-0.39, 0.29) is 22.9 Å². The molecule has 0 saturated carbocycles. The summed E-state index contributed by atoms with van der Waals surface area (Å²) in [7, 11) is 0. The van der Waals surface area contributed by atoms with Gasteiger partial charge in [-0.3, -0.25) is 0 Å². The Labute approximate surface area is 135 Å². The second kappa shape index (κ2) is 6.07. The highest BCUT2D eigenvalue weighted by molar-refractivity contribution is 5.89. The molecule has 3 aromatic rings. The molecule has 0 fully saturated rings. The van der Waals surface area contributed by atoms with E-state index in [1.807, 2.05) is 0 Å². The van der Waals surface area contributed by atoms with Crippen LogP contribution in [0.5, 0.6) is 0 Å². The molecule has 0 aliphatic heterocycles. The molecule has 1 aromatic carbocycles. The van der Waals surface area contributed by atoms with Crippen LogP contribution in [0, 0.1) is 18.6 Å². The fourth-order valence-electron chi connectivity index (χ4n) is 2.09. The molecule has 0 radical (unpaired) electrons. The molecule has 0 atom stereocenters. The van der Waals surface area contributed by atoms with Crippen molar-refractivity contribution in [2.24, 2.45) is 0 Å². The van der Waals surface area contributed by atoms with Gasteiger partial charge in [0.1, 0.15) is 17.5 Å². The summed E-state index contributed by atoms with van der Waals surface area (Å²) in [6, 6.07) is 7.36. The van der Waals surface area contributed by atoms with Crippen molar-refractivity contribution < 1.29 is 18.7 Å². The van der Waals surface area contributed by atoms with E-state index in [1.54, 1.807) is 19.2 Å². The van der Waals surface area contributed by atoms with E-state index < -0.39 is 17.6 Å². The largest absolute Gasteiger partial charge is 0.478 e. The third-order valence-electron chi connectivity index (χ3n) is 3.21. The maximum atomic E-state index is 13.8. The molecule has 24 heavy (non-hydrogen) atoms. The van der Waals surface area contributed by atoms with Crippen LogP contribution in [0.3, 0.4) is 0 Å². The number of carboxylic acids is 1. The SMILES string of the molecule is Cc1ccn(-c2cc(C(=O)O)cc(Nc3ccc(F)cc3F)n2)n1. The van der Waals surface area contributed by atoms with Crippen LogP contribution in [0.15, 0.2) is 42.6 Å². The van der Waals surface area contributed by atoms with Gasteiger partial charge in [-0.1, -0.05) is 0 Å². The minimum Gasteiger partial charge on any atom is -0.478 e. The van der Waals surface area contributed by atoms with Crippen LogP contribution in [0.25, 0.3) is 5.82 Å². The number of halogens is 2. The maximum absolute atomic E-state index is 13.8. The molecule has 0 spiro atoms. The highest BCUT2D eigenvalue weighted by Crippen LogP contribution is 2.22. The minimum absolute atomic E-state index is 0.0194. The Balaban J connectivity index is 2.03. The first kappa shape index (κ1) is 15.6. The Morgan fingerprint density at radius 1 is 1.21 bits per heavy atom. The van der Waals surface area contributed by atoms with Crippen LogP contribution in [0.4, 0.5) is 20.3 Å². The first-order valence-electron chi connectivity index (χ1n) is 6.92. The van der Waals surface area contributed by atoms with Gasteiger partial charge < -0.3 is 10.4 Å². The van der Waals surface area contributed by atoms with Crippen LogP contribution in [0.2, 0.25) is 0 Å². The topological polar surface area (TPSA) is 80.0 Å². The summed E-state index contributed by atoms with van der Waals surface area (Å²) in [4.78, 5) is 15.5. The summed E-state index contributed by atoms with van der Waals surface area (Å²) < 4.78 is 28.1. The Hall–Kier alpha value is -3.29. The number of aromatic carboxylic acids is 1. The molecule has 2 heterocycles. The fraction of sp³-hybridized carbons (Fsp3) is 0.0625. The van der Waals surface area contributed by atoms with E-state index in [9.17, 15) is 18.7 Å². The van der Waals surface area contributed by atoms with E-state index in [1.165, 1.54) is 22.9 Å². The number of nitrogens with one attached hydrogen (secondary N) is 1. The van der Waals surface area contributed by atoms with Crippen molar-refractivity contribution in [3.8, 4) is 5.82 Å². The second-order valence-corrected chi connectivity index (χ2v) is 5.06. The lowest BCUT2D eigenvalue weighted by Gasteiger charge is -2.10. The zero-order valence-electron chi connectivity index (χ0n) is 12.5. The number of rotatable bonds is 4. The lowest BCUT2D eigenvalue weighted by molar-refractivity contribution is 0.0696. The quantitative estimate of drug-likeness (QED) is 0.767. The van der Waals surface area contributed by atoms with E-state index in [0.29, 0.717) is 0 Å². The standard InChI is InChI=1S/C16H12F2N4O2/c1-9-4-5-22(21-9)15-7-10(16(23)24)6-14(20-15)19-13-3-2-11(17)8-12(13)18/h2-8H,1H3,(H,19,20)(H,23,24). The molecule has 2 N–H and O–H groups in total. The number of nitrogens with zero attached hydrogens (tertiary/aromatic N) is 3. The molecular weight excluding hydrogens is 318 g/mol. The van der Waals surface area contributed by atoms with Crippen LogP contribution in [0.1, 0.15) is 16.1 Å². The van der Waals surface area contributed by atoms with Gasteiger partial charge in [-0.2, -0.15) is 5.10 Å². The van der Waals surface area contributed by atoms with Crippen molar-refractivity contribution in [1.82, 2.24) is 14.8 Å². The maximum Gasteiger partial charge on any atom is 0.335 e. The molecule has 0 bridgehead atoms. The summed E-state index contributed by atoms with van der Waals surface area (Å²) >= 11 is 0. The van der Waals surface area contributed by atoms with E-state index >= 15 is 0 Å². The van der Waals surface area contributed by atoms with Crippen molar-refractivity contribution in [3.63, 3.8) is 0 Å². The molecule has 0 aliphatic rings. The Morgan fingerprint density at radius 2 is 2.00 bits per heavy atom. The summed E-state index contributed by atoms with van der Waals surface area (Å²) in [5, 5.41) is 16.1. The van der Waals surface area contributed by atoms with Gasteiger partial charge in [-0.15, -0.1) is 0 Å². The zero-order chi connectivity index (χ0) is 17.3. The van der Waals surface area contributed by atoms with Gasteiger partial charge in [-0.25, -0.2) is 23.2 Å². The van der Waals surface area contributed by atoms with Gasteiger partial charge in [0.2, 0.25) is 0 Å². The molecule has 0 aliphatic carbocycles. The Kier molecular flexibility index (Phi) is 3.95. The molecule has 122 valence electrons. The normalized spacial score (nSPS) is 10.6. The van der Waals surface area contributed by atoms with Gasteiger partial charge in [0.25, 0.3) is 0 Å². The van der Waals surface area contributed by atoms with Gasteiger partial charge in [-0.05, 0) is 37.3 Å². The number of hydrogen-bond donors (Lipinski definition) is 2. The van der Waals surface area contributed by atoms with E-state index in [0.717, 1.165) is 17.8 Å². The first-order valence-corrected chi connectivity index (χ1v) is 6.92. The van der Waals surface area contributed by atoms with Crippen molar-refractivity contribution in [3.05, 3.63) is 65.5 Å². The van der Waals surface area contributed by atoms with Gasteiger partial charge in [0.05, 0.1) is 16.9 Å². The Morgan fingerprint density at radius 3 is 2.62 bits per heavy atom. The third kappa shape index (κ3) is 3.22. The highest BCUT2D eigenvalue weighted by Gasteiger charge is 2.12. The van der Waals surface area contributed by atoms with Crippen molar-refractivity contribution >= 4 is 17.5 Å². The lowest BCUT2D eigenvalue weighted by Crippen LogP contribution is -2.07. The van der Waals surface area contributed by atoms with Crippen LogP contribution >= 0.6 is 0 Å². The monoisotopic (exact) mass is 330 g/mol. The number of aryl methyl sites for hydroxylation is 1. The van der Waals surface area contributed by atoms with E-state index in [2.05, 4.69) is 15.4 Å². The molecule has 8 heteroatoms. The van der Waals surface area contributed by atoms with Crippen LogP contribution in [-0.4, -0.2) is 25.8 Å². The van der Waals surface area contributed by atoms with Crippen molar-refractivity contribution in [1.29, 1.82) is 0 Å². The van der Waals surface area contributed by atoms with Crippen LogP contribution < -0.4 is 5.32 Å². The lowest BCUT2D eigenvalue weighted by atomic mass is 10.2. The summed E-state index contributed by atoms with van der Waals surface area (Å²) in [5.74, 6) is -2.33. The number of carboxylic acid groups (broad SMARTS) is 1. The van der Waals surface area contributed by atoms with Gasteiger partial charge >= 0.3 is 5.97 Å². The predicted octanol–water partition coefficient (Wildman–Crippen LogP) is 3.30. The average Bonchev–Trinajstić information content (AvgIpc) is 2.96. The van der Waals surface area contributed by atoms with Crippen molar-refractivity contribution in [2.75, 3.05) is 5.32 Å². The fourth-order valence-corrected chi connectivity index (χ4v) is 2.09. The molecular formula is C16H12F2N4O2. The third-order valence-corrected chi connectivity index (χ3v) is 3.21. The smallest absolute Gasteiger partial charge is 0.335 e. The van der Waals surface area contributed by atoms with Gasteiger partial charge in [0.15, 0.2) is 5.82 Å². The first-order chi connectivity index (χ1) is 11.4. The Bertz CT molecular complexity index is 924. The minimum atomic E-state index is -1.16. The average molecular weight is 330 g/mol. The summed E-state index contributed by atoms with van der Waals surface area (Å²) in [5.41, 5.74) is 0.670. The number of carbonyl (C=O) groups is 1. The number of aromatic nitrogens is 3. The predicted molar refractivity (Wildman–Crippen MR) is 82.7 cm³/mol. The number of hydrogen-bond acceptors (Lipinski definition) is 4. The number of anilines is 2. The number of pyridine rings is 1. The van der Waals surface area contributed by atoms with Crippen LogP contribution in [-0.2, 0) is 0 Å². The second-order valence-electron chi connectivity index (χ2n) is 5.06. The zero-order valence-corrected chi connectivity index (χ0v) is 12.5. The molecule has 6 nitrogen and oxygen atoms in total. The summed E-state index contributed by atoms with van der Waals surface area (Å²) in [6.07, 6.45) is 1.63. The molecule has 0 saturated heterocycles. The number of benzene rings is 1. The molecule has 3 rings (SSSR count). The molecule has 0 unspecified atom stereocenters. The highest BCUT2D eigenvalue weighted by atomic mass is 19.1.